The van der Waals surface area contributed by atoms with Crippen LogP contribution in [0.25, 0.3) is 0 Å². The number of nitrogens with zero attached hydrogens (tertiary/aromatic N) is 1. The number of thiocarbonyl (C=S) groups is 1. The average Bonchev–Trinajstić information content (AvgIpc) is 2.54. The maximum Gasteiger partial charge on any atom is 0.221 e. The van der Waals surface area contributed by atoms with Crippen LogP contribution in [0.4, 0.5) is 11.4 Å². The molecule has 0 aliphatic carbocycles. The summed E-state index contributed by atoms with van der Waals surface area (Å²) in [4.78, 5) is 13.4. The van der Waals surface area contributed by atoms with Crippen molar-refractivity contribution < 1.29 is 9.53 Å². The first-order valence-electron chi connectivity index (χ1n) is 7.86. The van der Waals surface area contributed by atoms with Crippen LogP contribution in [-0.4, -0.2) is 55.3 Å². The highest BCUT2D eigenvalue weighted by molar-refractivity contribution is 7.80. The van der Waals surface area contributed by atoms with Crippen molar-refractivity contribution in [1.29, 1.82) is 0 Å². The number of hydrogen-bond acceptors (Lipinski definition) is 4. The van der Waals surface area contributed by atoms with Gasteiger partial charge in [0.1, 0.15) is 0 Å². The molecule has 0 saturated carbocycles. The fourth-order valence-corrected chi connectivity index (χ4v) is 2.56. The number of benzene rings is 1. The molecule has 6 nitrogen and oxygen atoms in total. The average molecular weight is 336 g/mol. The van der Waals surface area contributed by atoms with Crippen LogP contribution in [0.3, 0.4) is 0 Å². The lowest BCUT2D eigenvalue weighted by Gasteiger charge is -2.26. The Labute approximate surface area is 142 Å². The number of amides is 1. The molecule has 0 atom stereocenters. The molecule has 1 heterocycles. The predicted octanol–water partition coefficient (Wildman–Crippen LogP) is 1.65. The first-order valence-corrected chi connectivity index (χ1v) is 8.27. The van der Waals surface area contributed by atoms with Gasteiger partial charge in [-0.25, -0.2) is 0 Å². The minimum atomic E-state index is -0.0804. The number of carbonyl (C=O) groups excluding carboxylic acids is 1. The molecule has 0 unspecified atom stereocenters. The van der Waals surface area contributed by atoms with Crippen molar-refractivity contribution in [3.8, 4) is 0 Å². The molecule has 1 aromatic carbocycles. The van der Waals surface area contributed by atoms with E-state index in [0.717, 1.165) is 57.2 Å². The monoisotopic (exact) mass is 336 g/mol. The molecule has 7 heteroatoms. The zero-order valence-corrected chi connectivity index (χ0v) is 14.2. The van der Waals surface area contributed by atoms with Gasteiger partial charge in [0, 0.05) is 37.9 Å². The van der Waals surface area contributed by atoms with Gasteiger partial charge in [-0.15, -0.1) is 0 Å². The second-order valence-electron chi connectivity index (χ2n) is 5.45. The van der Waals surface area contributed by atoms with E-state index in [1.54, 1.807) is 0 Å². The van der Waals surface area contributed by atoms with Gasteiger partial charge in [0.15, 0.2) is 5.11 Å². The summed E-state index contributed by atoms with van der Waals surface area (Å²) in [7, 11) is 0. The summed E-state index contributed by atoms with van der Waals surface area (Å²) in [5.74, 6) is -0.0804. The minimum absolute atomic E-state index is 0.0804. The Balaban J connectivity index is 1.63. The van der Waals surface area contributed by atoms with Gasteiger partial charge in [0.05, 0.1) is 13.2 Å². The Hall–Kier alpha value is -1.70. The molecule has 126 valence electrons. The second kappa shape index (κ2) is 9.44. The van der Waals surface area contributed by atoms with E-state index in [1.165, 1.54) is 6.92 Å². The molecule has 3 N–H and O–H groups in total. The summed E-state index contributed by atoms with van der Waals surface area (Å²) in [6, 6.07) is 7.44. The van der Waals surface area contributed by atoms with E-state index in [2.05, 4.69) is 20.9 Å². The lowest BCUT2D eigenvalue weighted by atomic mass is 10.3. The fraction of sp³-hybridized carbons (Fsp3) is 0.500. The number of rotatable bonds is 6. The van der Waals surface area contributed by atoms with Crippen molar-refractivity contribution in [2.45, 2.75) is 13.3 Å². The van der Waals surface area contributed by atoms with Gasteiger partial charge in [-0.1, -0.05) is 0 Å². The summed E-state index contributed by atoms with van der Waals surface area (Å²) in [5, 5.41) is 9.69. The standard InChI is InChI=1S/C16H24N4O2S/c1-13(21)18-14-3-5-15(6-4-14)19-16(23)17-7-2-8-20-9-11-22-12-10-20/h3-6H,2,7-12H2,1H3,(H,18,21)(H2,17,19,23). The van der Waals surface area contributed by atoms with Gasteiger partial charge in [-0.2, -0.15) is 0 Å². The number of nitrogens with one attached hydrogen (secondary N) is 3. The van der Waals surface area contributed by atoms with E-state index in [9.17, 15) is 4.79 Å². The molecule has 0 aromatic heterocycles. The maximum atomic E-state index is 11.0. The highest BCUT2D eigenvalue weighted by Gasteiger charge is 2.09. The van der Waals surface area contributed by atoms with E-state index in [1.807, 2.05) is 24.3 Å². The molecule has 1 saturated heterocycles. The molecular weight excluding hydrogens is 312 g/mol. The zero-order chi connectivity index (χ0) is 16.5. The van der Waals surface area contributed by atoms with Crippen LogP contribution in [0.2, 0.25) is 0 Å². The van der Waals surface area contributed by atoms with Gasteiger partial charge < -0.3 is 20.7 Å². The molecule has 0 radical (unpaired) electrons. The third-order valence-corrected chi connectivity index (χ3v) is 3.75. The SMILES string of the molecule is CC(=O)Nc1ccc(NC(=S)NCCCN2CCOCC2)cc1. The van der Waals surface area contributed by atoms with Gasteiger partial charge in [0.2, 0.25) is 5.91 Å². The van der Waals surface area contributed by atoms with Gasteiger partial charge in [-0.05, 0) is 49.4 Å². The lowest BCUT2D eigenvalue weighted by Crippen LogP contribution is -2.38. The van der Waals surface area contributed by atoms with Crippen LogP contribution in [0, 0.1) is 0 Å². The van der Waals surface area contributed by atoms with Crippen LogP contribution in [0.5, 0.6) is 0 Å². The second-order valence-corrected chi connectivity index (χ2v) is 5.86. The van der Waals surface area contributed by atoms with E-state index in [-0.39, 0.29) is 5.91 Å². The van der Waals surface area contributed by atoms with E-state index >= 15 is 0 Å². The predicted molar refractivity (Wildman–Crippen MR) is 96.8 cm³/mol. The summed E-state index contributed by atoms with van der Waals surface area (Å²) in [6.07, 6.45) is 1.04. The first kappa shape index (κ1) is 17.7. The Kier molecular flexibility index (Phi) is 7.25. The number of ether oxygens (including phenoxy) is 1. The Morgan fingerprint density at radius 3 is 2.39 bits per heavy atom. The summed E-state index contributed by atoms with van der Waals surface area (Å²) >= 11 is 5.28. The topological polar surface area (TPSA) is 65.6 Å². The Morgan fingerprint density at radius 2 is 1.78 bits per heavy atom. The van der Waals surface area contributed by atoms with Crippen molar-refractivity contribution in [3.05, 3.63) is 24.3 Å². The highest BCUT2D eigenvalue weighted by atomic mass is 32.1. The highest BCUT2D eigenvalue weighted by Crippen LogP contribution is 2.13. The molecule has 0 spiro atoms. The van der Waals surface area contributed by atoms with Crippen LogP contribution < -0.4 is 16.0 Å². The van der Waals surface area contributed by atoms with Crippen molar-refractivity contribution >= 4 is 34.6 Å². The van der Waals surface area contributed by atoms with Crippen molar-refractivity contribution in [2.24, 2.45) is 0 Å². The molecule has 1 aromatic rings. The van der Waals surface area contributed by atoms with E-state index in [4.69, 9.17) is 17.0 Å². The number of morpholine rings is 1. The number of carbonyl (C=O) groups is 1. The molecule has 1 aliphatic rings. The molecule has 23 heavy (non-hydrogen) atoms. The molecule has 1 aliphatic heterocycles. The summed E-state index contributed by atoms with van der Waals surface area (Å²) in [5.41, 5.74) is 1.66. The smallest absolute Gasteiger partial charge is 0.221 e. The Morgan fingerprint density at radius 1 is 1.17 bits per heavy atom. The number of hydrogen-bond donors (Lipinski definition) is 3. The maximum absolute atomic E-state index is 11.0. The van der Waals surface area contributed by atoms with Crippen LogP contribution in [-0.2, 0) is 9.53 Å². The van der Waals surface area contributed by atoms with Crippen LogP contribution in [0.1, 0.15) is 13.3 Å². The van der Waals surface area contributed by atoms with Gasteiger partial charge >= 0.3 is 0 Å². The third kappa shape index (κ3) is 6.94. The van der Waals surface area contributed by atoms with Crippen LogP contribution >= 0.6 is 12.2 Å². The van der Waals surface area contributed by atoms with Gasteiger partial charge in [-0.3, -0.25) is 9.69 Å². The zero-order valence-electron chi connectivity index (χ0n) is 13.4. The summed E-state index contributed by atoms with van der Waals surface area (Å²) in [6.45, 7) is 7.09. The quantitative estimate of drug-likeness (QED) is 0.542. The minimum Gasteiger partial charge on any atom is -0.379 e. The van der Waals surface area contributed by atoms with Crippen molar-refractivity contribution in [1.82, 2.24) is 10.2 Å². The van der Waals surface area contributed by atoms with Crippen molar-refractivity contribution in [2.75, 3.05) is 50.0 Å². The van der Waals surface area contributed by atoms with E-state index in [0.29, 0.717) is 5.11 Å². The molecule has 0 bridgehead atoms. The largest absolute Gasteiger partial charge is 0.379 e. The lowest BCUT2D eigenvalue weighted by molar-refractivity contribution is -0.114. The van der Waals surface area contributed by atoms with Crippen molar-refractivity contribution in [3.63, 3.8) is 0 Å². The molecular formula is C16H24N4O2S. The molecule has 1 amide bonds. The Bertz CT molecular complexity index is 515. The molecule has 2 rings (SSSR count). The normalized spacial score (nSPS) is 15.0. The third-order valence-electron chi connectivity index (χ3n) is 3.50. The van der Waals surface area contributed by atoms with E-state index < -0.39 is 0 Å². The summed E-state index contributed by atoms with van der Waals surface area (Å²) < 4.78 is 5.33. The first-order chi connectivity index (χ1) is 11.1. The van der Waals surface area contributed by atoms with Gasteiger partial charge in [0.25, 0.3) is 0 Å². The fourth-order valence-electron chi connectivity index (χ4n) is 2.34. The molecule has 1 fully saturated rings. The number of anilines is 2. The van der Waals surface area contributed by atoms with Crippen LogP contribution in [0.15, 0.2) is 24.3 Å².